The highest BCUT2D eigenvalue weighted by atomic mass is 35.5. The highest BCUT2D eigenvalue weighted by molar-refractivity contribution is 7.90. The van der Waals surface area contributed by atoms with Crippen LogP contribution in [0.2, 0.25) is 10.3 Å². The Morgan fingerprint density at radius 3 is 2.57 bits per heavy atom. The van der Waals surface area contributed by atoms with Crippen LogP contribution in [-0.4, -0.2) is 46.1 Å². The summed E-state index contributed by atoms with van der Waals surface area (Å²) in [7, 11) is -3.43. The molecule has 0 spiro atoms. The number of nitrogens with zero attached hydrogens (tertiary/aromatic N) is 5. The Morgan fingerprint density at radius 2 is 1.91 bits per heavy atom. The summed E-state index contributed by atoms with van der Waals surface area (Å²) < 4.78 is 23.2. The summed E-state index contributed by atoms with van der Waals surface area (Å²) in [5.41, 5.74) is 2.31. The first-order chi connectivity index (χ1) is 10.8. The minimum atomic E-state index is -3.43. The molecule has 2 aromatic rings. The van der Waals surface area contributed by atoms with Crippen molar-refractivity contribution in [1.29, 1.82) is 0 Å². The molecule has 2 aromatic heterocycles. The van der Waals surface area contributed by atoms with Crippen LogP contribution < -0.4 is 0 Å². The first-order valence-electron chi connectivity index (χ1n) is 6.76. The molecule has 0 bridgehead atoms. The van der Waals surface area contributed by atoms with Crippen molar-refractivity contribution < 1.29 is 8.42 Å². The molecule has 0 N–H and O–H groups in total. The van der Waals surface area contributed by atoms with E-state index >= 15 is 0 Å². The highest BCUT2D eigenvalue weighted by Gasteiger charge is 2.22. The van der Waals surface area contributed by atoms with Crippen molar-refractivity contribution in [3.05, 3.63) is 39.7 Å². The molecular weight excluding hydrogens is 361 g/mol. The van der Waals surface area contributed by atoms with Crippen molar-refractivity contribution in [3.63, 3.8) is 0 Å². The molecule has 23 heavy (non-hydrogen) atoms. The SMILES string of the molecule is CS(=O)(=O)c1ncc2c(n1)CN(Cc1c(Cl)ncnc1Cl)CC2. The van der Waals surface area contributed by atoms with Gasteiger partial charge in [-0.25, -0.2) is 28.4 Å². The van der Waals surface area contributed by atoms with Crippen LogP contribution in [0, 0.1) is 0 Å². The van der Waals surface area contributed by atoms with Crippen LogP contribution in [0.1, 0.15) is 16.8 Å². The molecule has 0 unspecified atom stereocenters. The Kier molecular flexibility index (Phi) is 4.50. The average molecular weight is 374 g/mol. The Morgan fingerprint density at radius 1 is 1.22 bits per heavy atom. The van der Waals surface area contributed by atoms with Crippen LogP contribution in [-0.2, 0) is 29.3 Å². The van der Waals surface area contributed by atoms with Gasteiger partial charge in [-0.15, -0.1) is 0 Å². The quantitative estimate of drug-likeness (QED) is 0.595. The molecule has 1 aliphatic heterocycles. The van der Waals surface area contributed by atoms with Gasteiger partial charge in [0.1, 0.15) is 16.6 Å². The number of halogens is 2. The molecule has 0 aromatic carbocycles. The zero-order chi connectivity index (χ0) is 16.6. The Bertz CT molecular complexity index is 839. The summed E-state index contributed by atoms with van der Waals surface area (Å²) in [6.07, 6.45) is 4.71. The number of hydrogen-bond acceptors (Lipinski definition) is 7. The van der Waals surface area contributed by atoms with Gasteiger partial charge in [-0.1, -0.05) is 23.2 Å². The summed E-state index contributed by atoms with van der Waals surface area (Å²) in [6.45, 7) is 1.72. The monoisotopic (exact) mass is 373 g/mol. The lowest BCUT2D eigenvalue weighted by Crippen LogP contribution is -2.31. The van der Waals surface area contributed by atoms with E-state index in [1.165, 1.54) is 6.33 Å². The maximum absolute atomic E-state index is 11.6. The first kappa shape index (κ1) is 16.5. The zero-order valence-electron chi connectivity index (χ0n) is 12.2. The lowest BCUT2D eigenvalue weighted by molar-refractivity contribution is 0.239. The van der Waals surface area contributed by atoms with E-state index in [0.29, 0.717) is 34.7 Å². The van der Waals surface area contributed by atoms with Gasteiger partial charge in [0.15, 0.2) is 0 Å². The summed E-state index contributed by atoms with van der Waals surface area (Å²) in [4.78, 5) is 18.0. The second-order valence-electron chi connectivity index (χ2n) is 5.29. The van der Waals surface area contributed by atoms with Crippen LogP contribution in [0.15, 0.2) is 17.7 Å². The largest absolute Gasteiger partial charge is 0.293 e. The molecule has 0 atom stereocenters. The van der Waals surface area contributed by atoms with Gasteiger partial charge in [-0.3, -0.25) is 4.90 Å². The predicted octanol–water partition coefficient (Wildman–Crippen LogP) is 1.54. The molecule has 122 valence electrons. The molecule has 0 aliphatic carbocycles. The highest BCUT2D eigenvalue weighted by Crippen LogP contribution is 2.25. The van der Waals surface area contributed by atoms with E-state index in [1.807, 2.05) is 0 Å². The van der Waals surface area contributed by atoms with Crippen LogP contribution in [0.4, 0.5) is 0 Å². The molecule has 7 nitrogen and oxygen atoms in total. The van der Waals surface area contributed by atoms with E-state index in [-0.39, 0.29) is 5.16 Å². The van der Waals surface area contributed by atoms with Crippen molar-refractivity contribution in [2.45, 2.75) is 24.7 Å². The van der Waals surface area contributed by atoms with Gasteiger partial charge >= 0.3 is 0 Å². The number of aromatic nitrogens is 4. The summed E-state index contributed by atoms with van der Waals surface area (Å²) in [5.74, 6) is 0. The second-order valence-corrected chi connectivity index (χ2v) is 7.92. The summed E-state index contributed by atoms with van der Waals surface area (Å²) in [6, 6.07) is 0. The van der Waals surface area contributed by atoms with Gasteiger partial charge in [-0.2, -0.15) is 0 Å². The van der Waals surface area contributed by atoms with Gasteiger partial charge in [0, 0.05) is 37.7 Å². The third-order valence-electron chi connectivity index (χ3n) is 3.56. The van der Waals surface area contributed by atoms with E-state index in [9.17, 15) is 8.42 Å². The third-order valence-corrected chi connectivity index (χ3v) is 5.07. The Labute approximate surface area is 143 Å². The maximum Gasteiger partial charge on any atom is 0.247 e. The number of sulfone groups is 1. The molecule has 0 radical (unpaired) electrons. The minimum absolute atomic E-state index is 0.155. The fourth-order valence-corrected chi connectivity index (χ4v) is 3.33. The Hall–Kier alpha value is -1.35. The van der Waals surface area contributed by atoms with Crippen molar-refractivity contribution >= 4 is 33.0 Å². The molecule has 0 fully saturated rings. The molecule has 3 heterocycles. The van der Waals surface area contributed by atoms with Crippen molar-refractivity contribution in [1.82, 2.24) is 24.8 Å². The van der Waals surface area contributed by atoms with Crippen LogP contribution in [0.3, 0.4) is 0 Å². The van der Waals surface area contributed by atoms with Gasteiger partial charge in [0.05, 0.1) is 5.69 Å². The lowest BCUT2D eigenvalue weighted by Gasteiger charge is -2.28. The lowest BCUT2D eigenvalue weighted by atomic mass is 10.1. The fraction of sp³-hybridized carbons (Fsp3) is 0.385. The van der Waals surface area contributed by atoms with Crippen LogP contribution in [0.25, 0.3) is 0 Å². The van der Waals surface area contributed by atoms with Gasteiger partial charge in [0.2, 0.25) is 15.0 Å². The maximum atomic E-state index is 11.6. The smallest absolute Gasteiger partial charge is 0.247 e. The molecule has 10 heteroatoms. The molecule has 0 saturated carbocycles. The van der Waals surface area contributed by atoms with Crippen molar-refractivity contribution in [2.75, 3.05) is 12.8 Å². The third kappa shape index (κ3) is 3.60. The molecule has 0 saturated heterocycles. The van der Waals surface area contributed by atoms with Gasteiger partial charge in [0.25, 0.3) is 0 Å². The van der Waals surface area contributed by atoms with E-state index < -0.39 is 9.84 Å². The first-order valence-corrected chi connectivity index (χ1v) is 9.41. The summed E-state index contributed by atoms with van der Waals surface area (Å²) >= 11 is 12.1. The minimum Gasteiger partial charge on any atom is -0.293 e. The molecule has 3 rings (SSSR count). The van der Waals surface area contributed by atoms with Crippen LogP contribution >= 0.6 is 23.2 Å². The topological polar surface area (TPSA) is 88.9 Å². The van der Waals surface area contributed by atoms with Gasteiger partial charge < -0.3 is 0 Å². The van der Waals surface area contributed by atoms with E-state index in [0.717, 1.165) is 24.8 Å². The Balaban J connectivity index is 1.85. The van der Waals surface area contributed by atoms with Crippen LogP contribution in [0.5, 0.6) is 0 Å². The molecular formula is C13H13Cl2N5O2S. The zero-order valence-corrected chi connectivity index (χ0v) is 14.5. The number of hydrogen-bond donors (Lipinski definition) is 0. The standard InChI is InChI=1S/C13H13Cl2N5O2S/c1-23(21,22)13-16-4-8-2-3-20(6-10(8)19-13)5-9-11(14)17-7-18-12(9)15/h4,7H,2-3,5-6H2,1H3. The molecule has 1 aliphatic rings. The molecule has 0 amide bonds. The normalized spacial score (nSPS) is 15.4. The van der Waals surface area contributed by atoms with Crippen molar-refractivity contribution in [2.24, 2.45) is 0 Å². The van der Waals surface area contributed by atoms with E-state index in [2.05, 4.69) is 24.8 Å². The predicted molar refractivity (Wildman–Crippen MR) is 85.0 cm³/mol. The number of fused-ring (bicyclic) bond motifs is 1. The summed E-state index contributed by atoms with van der Waals surface area (Å²) in [5, 5.41) is 0.475. The van der Waals surface area contributed by atoms with E-state index in [4.69, 9.17) is 23.2 Å². The van der Waals surface area contributed by atoms with Crippen molar-refractivity contribution in [3.8, 4) is 0 Å². The second kappa shape index (κ2) is 6.27. The fourth-order valence-electron chi connectivity index (χ4n) is 2.38. The van der Waals surface area contributed by atoms with E-state index in [1.54, 1.807) is 6.20 Å². The van der Waals surface area contributed by atoms with Gasteiger partial charge in [-0.05, 0) is 12.0 Å². The number of rotatable bonds is 3. The average Bonchev–Trinajstić information content (AvgIpc) is 2.49.